The van der Waals surface area contributed by atoms with E-state index in [-0.39, 0.29) is 12.8 Å². The van der Waals surface area contributed by atoms with Crippen LogP contribution in [-0.4, -0.2) is 47.8 Å². The summed E-state index contributed by atoms with van der Waals surface area (Å²) in [6.45, 7) is 6.50. The Labute approximate surface area is 134 Å². The van der Waals surface area contributed by atoms with Crippen LogP contribution in [0.1, 0.15) is 47.5 Å². The molecule has 1 fully saturated rings. The van der Waals surface area contributed by atoms with Crippen molar-refractivity contribution in [2.75, 3.05) is 0 Å². The van der Waals surface area contributed by atoms with E-state index >= 15 is 0 Å². The summed E-state index contributed by atoms with van der Waals surface area (Å²) in [5.41, 5.74) is -1.19. The van der Waals surface area contributed by atoms with Gasteiger partial charge in [-0.25, -0.2) is 0 Å². The fraction of sp³-hybridized carbons (Fsp3) is 0.733. The van der Waals surface area contributed by atoms with Crippen LogP contribution in [0.15, 0.2) is 0 Å². The van der Waals surface area contributed by atoms with Crippen molar-refractivity contribution in [3.63, 3.8) is 0 Å². The van der Waals surface area contributed by atoms with Crippen LogP contribution in [0.5, 0.6) is 0 Å². The highest BCUT2D eigenvalue weighted by Crippen LogP contribution is 2.37. The van der Waals surface area contributed by atoms with Gasteiger partial charge in [0.05, 0.1) is 0 Å². The minimum absolute atomic E-state index is 0.0437. The number of esters is 4. The lowest BCUT2D eigenvalue weighted by Gasteiger charge is -2.45. The predicted octanol–water partition coefficient (Wildman–Crippen LogP) is 0.897. The second-order valence-electron chi connectivity index (χ2n) is 5.74. The van der Waals surface area contributed by atoms with E-state index in [2.05, 4.69) is 0 Å². The van der Waals surface area contributed by atoms with Crippen molar-refractivity contribution in [1.29, 1.82) is 0 Å². The molecule has 0 saturated heterocycles. The molecule has 0 radical (unpaired) electrons. The van der Waals surface area contributed by atoms with Crippen LogP contribution in [-0.2, 0) is 38.1 Å². The van der Waals surface area contributed by atoms with Crippen LogP contribution < -0.4 is 0 Å². The Bertz CT molecular complexity index is 500. The highest BCUT2D eigenvalue weighted by Gasteiger charge is 2.51. The third-order valence-corrected chi connectivity index (χ3v) is 3.47. The topological polar surface area (TPSA) is 105 Å². The van der Waals surface area contributed by atoms with E-state index in [1.807, 2.05) is 0 Å². The van der Waals surface area contributed by atoms with Gasteiger partial charge in [0.2, 0.25) is 0 Å². The van der Waals surface area contributed by atoms with Gasteiger partial charge in [-0.3, -0.25) is 19.2 Å². The van der Waals surface area contributed by atoms with E-state index in [4.69, 9.17) is 18.9 Å². The fourth-order valence-electron chi connectivity index (χ4n) is 2.75. The maximum absolute atomic E-state index is 11.4. The number of carbonyl (C=O) groups excluding carboxylic acids is 4. The standard InChI is InChI=1S/C15H22O8/c1-8(16)20-12-6-14(22-10(3)18)15(5,23-11(4)19)7-13(12)21-9(2)17/h12-14H,6-7H2,1-5H3. The summed E-state index contributed by atoms with van der Waals surface area (Å²) in [6, 6.07) is 0. The van der Waals surface area contributed by atoms with Crippen LogP contribution in [0.4, 0.5) is 0 Å². The van der Waals surface area contributed by atoms with Crippen LogP contribution in [0.25, 0.3) is 0 Å². The van der Waals surface area contributed by atoms with Crippen molar-refractivity contribution < 1.29 is 38.1 Å². The van der Waals surface area contributed by atoms with E-state index in [0.29, 0.717) is 0 Å². The normalized spacial score (nSPS) is 30.0. The monoisotopic (exact) mass is 330 g/mol. The molecule has 130 valence electrons. The van der Waals surface area contributed by atoms with Gasteiger partial charge in [0.25, 0.3) is 0 Å². The minimum Gasteiger partial charge on any atom is -0.458 e. The SMILES string of the molecule is CC(=O)OC1CC(OC(C)=O)C(C)(OC(C)=O)CC1OC(C)=O. The number of hydrogen-bond donors (Lipinski definition) is 0. The van der Waals surface area contributed by atoms with Crippen LogP contribution >= 0.6 is 0 Å². The van der Waals surface area contributed by atoms with Crippen LogP contribution in [0, 0.1) is 0 Å². The second kappa shape index (κ2) is 7.43. The van der Waals surface area contributed by atoms with Crippen molar-refractivity contribution >= 4 is 23.9 Å². The Kier molecular flexibility index (Phi) is 6.12. The molecule has 0 N–H and O–H groups in total. The Balaban J connectivity index is 3.08. The van der Waals surface area contributed by atoms with Crippen LogP contribution in [0.3, 0.4) is 0 Å². The molecule has 1 saturated carbocycles. The molecule has 1 aliphatic rings. The molecule has 0 heterocycles. The minimum atomic E-state index is -1.19. The summed E-state index contributed by atoms with van der Waals surface area (Å²) in [6.07, 6.45) is -2.31. The molecule has 4 atom stereocenters. The van der Waals surface area contributed by atoms with Gasteiger partial charge in [-0.05, 0) is 6.92 Å². The van der Waals surface area contributed by atoms with Crippen molar-refractivity contribution in [2.45, 2.75) is 71.4 Å². The van der Waals surface area contributed by atoms with Gasteiger partial charge in [-0.2, -0.15) is 0 Å². The van der Waals surface area contributed by atoms with E-state index < -0.39 is 47.8 Å². The zero-order chi connectivity index (χ0) is 17.8. The molecule has 4 unspecified atom stereocenters. The Morgan fingerprint density at radius 3 is 1.70 bits per heavy atom. The molecule has 8 nitrogen and oxygen atoms in total. The summed E-state index contributed by atoms with van der Waals surface area (Å²) < 4.78 is 20.9. The van der Waals surface area contributed by atoms with Gasteiger partial charge in [-0.1, -0.05) is 0 Å². The first-order valence-electron chi connectivity index (χ1n) is 7.24. The summed E-state index contributed by atoms with van der Waals surface area (Å²) in [5, 5.41) is 0. The van der Waals surface area contributed by atoms with Gasteiger partial charge in [0.15, 0.2) is 0 Å². The van der Waals surface area contributed by atoms with E-state index in [1.165, 1.54) is 27.7 Å². The van der Waals surface area contributed by atoms with Crippen LogP contribution in [0.2, 0.25) is 0 Å². The third-order valence-electron chi connectivity index (χ3n) is 3.47. The number of hydrogen-bond acceptors (Lipinski definition) is 8. The van der Waals surface area contributed by atoms with Gasteiger partial charge < -0.3 is 18.9 Å². The lowest BCUT2D eigenvalue weighted by atomic mass is 9.79. The first-order chi connectivity index (χ1) is 10.5. The van der Waals surface area contributed by atoms with Gasteiger partial charge in [0.1, 0.15) is 23.9 Å². The van der Waals surface area contributed by atoms with E-state index in [0.717, 1.165) is 0 Å². The largest absolute Gasteiger partial charge is 0.458 e. The lowest BCUT2D eigenvalue weighted by molar-refractivity contribution is -0.216. The average Bonchev–Trinajstić information content (AvgIpc) is 2.32. The summed E-state index contributed by atoms with van der Waals surface area (Å²) in [4.78, 5) is 45.2. The molecule has 23 heavy (non-hydrogen) atoms. The van der Waals surface area contributed by atoms with Crippen molar-refractivity contribution in [2.24, 2.45) is 0 Å². The molecule has 0 amide bonds. The molecule has 0 aromatic rings. The van der Waals surface area contributed by atoms with Crippen molar-refractivity contribution in [3.05, 3.63) is 0 Å². The molecule has 1 aliphatic carbocycles. The number of ether oxygens (including phenoxy) is 4. The fourth-order valence-corrected chi connectivity index (χ4v) is 2.75. The second-order valence-corrected chi connectivity index (χ2v) is 5.74. The molecule has 0 aromatic carbocycles. The Hall–Kier alpha value is -2.12. The number of carbonyl (C=O) groups is 4. The zero-order valence-corrected chi connectivity index (χ0v) is 13.9. The molecule has 0 bridgehead atoms. The van der Waals surface area contributed by atoms with Gasteiger partial charge in [-0.15, -0.1) is 0 Å². The zero-order valence-electron chi connectivity index (χ0n) is 13.9. The highest BCUT2D eigenvalue weighted by atomic mass is 16.6. The quantitative estimate of drug-likeness (QED) is 0.553. The summed E-state index contributed by atoms with van der Waals surface area (Å²) in [5.74, 6) is -2.22. The molecule has 0 aromatic heterocycles. The molecule has 0 aliphatic heterocycles. The maximum Gasteiger partial charge on any atom is 0.303 e. The molecule has 0 spiro atoms. The van der Waals surface area contributed by atoms with Gasteiger partial charge >= 0.3 is 23.9 Å². The lowest BCUT2D eigenvalue weighted by Crippen LogP contribution is -2.57. The molecule has 8 heteroatoms. The average molecular weight is 330 g/mol. The molecular weight excluding hydrogens is 308 g/mol. The summed E-state index contributed by atoms with van der Waals surface area (Å²) >= 11 is 0. The van der Waals surface area contributed by atoms with Crippen molar-refractivity contribution in [3.8, 4) is 0 Å². The van der Waals surface area contributed by atoms with E-state index in [1.54, 1.807) is 6.92 Å². The predicted molar refractivity (Wildman–Crippen MR) is 76.1 cm³/mol. The smallest absolute Gasteiger partial charge is 0.303 e. The maximum atomic E-state index is 11.4. The first-order valence-corrected chi connectivity index (χ1v) is 7.24. The highest BCUT2D eigenvalue weighted by molar-refractivity contribution is 5.69. The van der Waals surface area contributed by atoms with Gasteiger partial charge in [0, 0.05) is 40.5 Å². The number of rotatable bonds is 4. The molecular formula is C15H22O8. The summed E-state index contributed by atoms with van der Waals surface area (Å²) in [7, 11) is 0. The van der Waals surface area contributed by atoms with E-state index in [9.17, 15) is 19.2 Å². The van der Waals surface area contributed by atoms with Crippen molar-refractivity contribution in [1.82, 2.24) is 0 Å². The Morgan fingerprint density at radius 2 is 1.26 bits per heavy atom. The third kappa shape index (κ3) is 5.54. The first kappa shape index (κ1) is 18.9. The Morgan fingerprint density at radius 1 is 0.783 bits per heavy atom. The molecule has 1 rings (SSSR count).